The maximum atomic E-state index is 11.4. The minimum Gasteiger partial charge on any atom is -0.481 e. The average Bonchev–Trinajstić information content (AvgIpc) is 2.14. The smallest absolute Gasteiger partial charge is 0.304 e. The van der Waals surface area contributed by atoms with Gasteiger partial charge in [0.2, 0.25) is 0 Å². The minimum atomic E-state index is -3.07. The molecule has 0 spiro atoms. The van der Waals surface area contributed by atoms with Crippen LogP contribution >= 0.6 is 0 Å². The van der Waals surface area contributed by atoms with E-state index in [0.717, 1.165) is 6.42 Å². The van der Waals surface area contributed by atoms with E-state index in [1.165, 1.54) is 0 Å². The van der Waals surface area contributed by atoms with Crippen LogP contribution in [0, 0.1) is 0 Å². The third-order valence-electron chi connectivity index (χ3n) is 2.71. The predicted octanol–water partition coefficient (Wildman–Crippen LogP) is -1.09. The topological polar surface area (TPSA) is 101 Å². The van der Waals surface area contributed by atoms with Gasteiger partial charge in [0.25, 0.3) is 0 Å². The van der Waals surface area contributed by atoms with Crippen molar-refractivity contribution in [3.63, 3.8) is 0 Å². The lowest BCUT2D eigenvalue weighted by atomic mass is 10.2. The van der Waals surface area contributed by atoms with Crippen molar-refractivity contribution in [2.75, 3.05) is 31.1 Å². The van der Waals surface area contributed by atoms with Gasteiger partial charge in [-0.2, -0.15) is 0 Å². The molecule has 1 rings (SSSR count). The maximum Gasteiger partial charge on any atom is 0.304 e. The van der Waals surface area contributed by atoms with E-state index in [1.54, 1.807) is 0 Å². The summed E-state index contributed by atoms with van der Waals surface area (Å²) in [5.74, 6) is -0.891. The summed E-state index contributed by atoms with van der Waals surface area (Å²) in [6, 6.07) is -0.400. The van der Waals surface area contributed by atoms with E-state index in [1.807, 2.05) is 4.90 Å². The maximum absolute atomic E-state index is 11.4. The van der Waals surface area contributed by atoms with Gasteiger partial charge in [-0.25, -0.2) is 8.42 Å². The van der Waals surface area contributed by atoms with Crippen LogP contribution in [0.3, 0.4) is 0 Å². The van der Waals surface area contributed by atoms with Crippen molar-refractivity contribution >= 4 is 15.8 Å². The zero-order valence-corrected chi connectivity index (χ0v) is 9.95. The number of nitrogens with zero attached hydrogens (tertiary/aromatic N) is 1. The van der Waals surface area contributed by atoms with E-state index in [-0.39, 0.29) is 17.9 Å². The quantitative estimate of drug-likeness (QED) is 0.643. The van der Waals surface area contributed by atoms with Gasteiger partial charge < -0.3 is 10.8 Å². The molecule has 0 amide bonds. The van der Waals surface area contributed by atoms with Crippen molar-refractivity contribution < 1.29 is 18.3 Å². The number of hydrogen-bond donors (Lipinski definition) is 2. The van der Waals surface area contributed by atoms with Crippen molar-refractivity contribution in [2.24, 2.45) is 5.73 Å². The Balaban J connectivity index is 2.64. The van der Waals surface area contributed by atoms with Crippen LogP contribution in [0.5, 0.6) is 0 Å². The first-order chi connectivity index (χ1) is 7.44. The van der Waals surface area contributed by atoms with Crippen LogP contribution in [0.4, 0.5) is 0 Å². The fraction of sp³-hybridized carbons (Fsp3) is 0.889. The molecule has 0 aromatic heterocycles. The Morgan fingerprint density at radius 2 is 2.19 bits per heavy atom. The Morgan fingerprint density at radius 3 is 2.75 bits per heavy atom. The van der Waals surface area contributed by atoms with Gasteiger partial charge in [-0.1, -0.05) is 0 Å². The Labute approximate surface area is 95.3 Å². The molecule has 0 aromatic rings. The molecule has 6 nitrogen and oxygen atoms in total. The number of hydrogen-bond acceptors (Lipinski definition) is 5. The zero-order valence-electron chi connectivity index (χ0n) is 9.13. The lowest BCUT2D eigenvalue weighted by Gasteiger charge is -2.34. The first-order valence-electron chi connectivity index (χ1n) is 5.31. The second kappa shape index (κ2) is 5.60. The van der Waals surface area contributed by atoms with Crippen molar-refractivity contribution in [3.8, 4) is 0 Å². The van der Waals surface area contributed by atoms with Crippen LogP contribution in [0.1, 0.15) is 12.8 Å². The highest BCUT2D eigenvalue weighted by Gasteiger charge is 2.31. The van der Waals surface area contributed by atoms with Crippen LogP contribution in [-0.2, 0) is 14.6 Å². The Morgan fingerprint density at radius 1 is 1.50 bits per heavy atom. The van der Waals surface area contributed by atoms with Gasteiger partial charge in [-0.3, -0.25) is 9.69 Å². The molecular formula is C9H18N2O4S. The fourth-order valence-corrected chi connectivity index (χ4v) is 3.49. The predicted molar refractivity (Wildman–Crippen MR) is 59.9 cm³/mol. The molecule has 16 heavy (non-hydrogen) atoms. The van der Waals surface area contributed by atoms with Gasteiger partial charge in [0.1, 0.15) is 0 Å². The van der Waals surface area contributed by atoms with Crippen molar-refractivity contribution in [1.29, 1.82) is 0 Å². The van der Waals surface area contributed by atoms with Gasteiger partial charge in [0.05, 0.1) is 17.9 Å². The zero-order chi connectivity index (χ0) is 12.2. The number of sulfone groups is 1. The Kier molecular flexibility index (Phi) is 4.69. The van der Waals surface area contributed by atoms with Gasteiger partial charge in [0, 0.05) is 12.6 Å². The summed E-state index contributed by atoms with van der Waals surface area (Å²) in [6.07, 6.45) is 0.639. The Hall–Kier alpha value is -0.660. The largest absolute Gasteiger partial charge is 0.481 e. The number of carboxylic acids is 1. The van der Waals surface area contributed by atoms with E-state index in [0.29, 0.717) is 19.6 Å². The molecule has 0 radical (unpaired) electrons. The molecule has 0 bridgehead atoms. The Bertz CT molecular complexity index is 341. The number of carbonyl (C=O) groups is 1. The highest BCUT2D eigenvalue weighted by molar-refractivity contribution is 7.91. The minimum absolute atomic E-state index is 0.0517. The molecule has 0 saturated carbocycles. The lowest BCUT2D eigenvalue weighted by Crippen LogP contribution is -2.49. The first kappa shape index (κ1) is 13.4. The first-order valence-corrected chi connectivity index (χ1v) is 7.13. The average molecular weight is 250 g/mol. The molecule has 1 heterocycles. The number of carboxylic acid groups (broad SMARTS) is 1. The summed E-state index contributed by atoms with van der Waals surface area (Å²) in [6.45, 7) is 1.62. The molecule has 1 unspecified atom stereocenters. The van der Waals surface area contributed by atoms with Crippen molar-refractivity contribution in [3.05, 3.63) is 0 Å². The van der Waals surface area contributed by atoms with Gasteiger partial charge in [-0.05, 0) is 19.5 Å². The molecule has 1 saturated heterocycles. The SMILES string of the molecule is NCCCN1CCS(=O)(=O)CC1CC(=O)O. The van der Waals surface area contributed by atoms with Gasteiger partial charge >= 0.3 is 5.97 Å². The molecule has 1 aliphatic rings. The molecule has 1 aliphatic heterocycles. The summed E-state index contributed by atoms with van der Waals surface area (Å²) in [4.78, 5) is 12.6. The summed E-state index contributed by atoms with van der Waals surface area (Å²) in [7, 11) is -3.07. The van der Waals surface area contributed by atoms with Gasteiger partial charge in [-0.15, -0.1) is 0 Å². The van der Waals surface area contributed by atoms with E-state index in [2.05, 4.69) is 0 Å². The molecule has 94 valence electrons. The normalized spacial score (nSPS) is 25.4. The number of nitrogens with two attached hydrogens (primary N) is 1. The van der Waals surface area contributed by atoms with E-state index in [9.17, 15) is 13.2 Å². The van der Waals surface area contributed by atoms with Crippen LogP contribution in [0.15, 0.2) is 0 Å². The van der Waals surface area contributed by atoms with Crippen LogP contribution in [-0.4, -0.2) is 61.6 Å². The van der Waals surface area contributed by atoms with Crippen LogP contribution < -0.4 is 5.73 Å². The molecular weight excluding hydrogens is 232 g/mol. The molecule has 0 aromatic carbocycles. The molecule has 1 fully saturated rings. The summed E-state index contributed by atoms with van der Waals surface area (Å²) >= 11 is 0. The second-order valence-electron chi connectivity index (χ2n) is 4.04. The molecule has 3 N–H and O–H groups in total. The van der Waals surface area contributed by atoms with Crippen molar-refractivity contribution in [1.82, 2.24) is 4.90 Å². The monoisotopic (exact) mass is 250 g/mol. The standard InChI is InChI=1S/C9H18N2O4S/c10-2-1-3-11-4-5-16(14,15)7-8(11)6-9(12)13/h8H,1-7,10H2,(H,12,13). The van der Waals surface area contributed by atoms with Crippen LogP contribution in [0.2, 0.25) is 0 Å². The summed E-state index contributed by atoms with van der Waals surface area (Å²) in [5, 5.41) is 8.73. The van der Waals surface area contributed by atoms with E-state index < -0.39 is 21.8 Å². The van der Waals surface area contributed by atoms with Crippen LogP contribution in [0.25, 0.3) is 0 Å². The number of rotatable bonds is 5. The summed E-state index contributed by atoms with van der Waals surface area (Å²) < 4.78 is 22.8. The third kappa shape index (κ3) is 4.07. The molecule has 1 atom stereocenters. The number of aliphatic carboxylic acids is 1. The highest BCUT2D eigenvalue weighted by atomic mass is 32.2. The third-order valence-corrected chi connectivity index (χ3v) is 4.41. The van der Waals surface area contributed by atoms with Crippen molar-refractivity contribution in [2.45, 2.75) is 18.9 Å². The lowest BCUT2D eigenvalue weighted by molar-refractivity contribution is -0.138. The van der Waals surface area contributed by atoms with Gasteiger partial charge in [0.15, 0.2) is 9.84 Å². The fourth-order valence-electron chi connectivity index (χ4n) is 1.90. The second-order valence-corrected chi connectivity index (χ2v) is 6.27. The molecule has 7 heteroatoms. The highest BCUT2D eigenvalue weighted by Crippen LogP contribution is 2.15. The van der Waals surface area contributed by atoms with E-state index in [4.69, 9.17) is 10.8 Å². The summed E-state index contributed by atoms with van der Waals surface area (Å²) in [5.41, 5.74) is 5.38. The van der Waals surface area contributed by atoms with E-state index >= 15 is 0 Å². The molecule has 0 aliphatic carbocycles.